The van der Waals surface area contributed by atoms with Gasteiger partial charge in [0, 0.05) is 6.54 Å². The summed E-state index contributed by atoms with van der Waals surface area (Å²) in [5, 5.41) is 0. The molecule has 0 aliphatic heterocycles. The van der Waals surface area contributed by atoms with Gasteiger partial charge in [-0.15, -0.1) is 0 Å². The van der Waals surface area contributed by atoms with Crippen LogP contribution >= 0.6 is 0 Å². The molecule has 1 atom stereocenters. The summed E-state index contributed by atoms with van der Waals surface area (Å²) in [5.74, 6) is 0.718. The summed E-state index contributed by atoms with van der Waals surface area (Å²) in [5.41, 5.74) is 3.01. The Hall–Kier alpha value is -0.0800. The summed E-state index contributed by atoms with van der Waals surface area (Å²) in [7, 11) is 0. The van der Waals surface area contributed by atoms with E-state index in [1.165, 1.54) is 32.1 Å². The molecule has 0 aliphatic carbocycles. The van der Waals surface area contributed by atoms with Gasteiger partial charge in [-0.05, 0) is 12.3 Å². The zero-order valence-corrected chi connectivity index (χ0v) is 9.44. The minimum Gasteiger partial charge on any atom is -0.302 e. The fourth-order valence-corrected chi connectivity index (χ4v) is 1.02. The van der Waals surface area contributed by atoms with Crippen LogP contribution in [0.1, 0.15) is 52.9 Å². The van der Waals surface area contributed by atoms with Crippen molar-refractivity contribution in [1.82, 2.24) is 5.48 Å². The predicted molar refractivity (Wildman–Crippen MR) is 57.6 cm³/mol. The quantitative estimate of drug-likeness (QED) is 0.442. The molecule has 0 aromatic heterocycles. The van der Waals surface area contributed by atoms with Crippen molar-refractivity contribution >= 4 is 0 Å². The first-order valence-corrected chi connectivity index (χ1v) is 5.65. The van der Waals surface area contributed by atoms with Crippen LogP contribution in [0, 0.1) is 5.92 Å². The van der Waals surface area contributed by atoms with E-state index in [1.54, 1.807) is 0 Å². The molecular weight excluding hydrogens is 162 g/mol. The van der Waals surface area contributed by atoms with Crippen LogP contribution in [0.5, 0.6) is 0 Å². The van der Waals surface area contributed by atoms with Crippen LogP contribution in [0.4, 0.5) is 0 Å². The molecule has 0 fully saturated rings. The summed E-state index contributed by atoms with van der Waals surface area (Å²) < 4.78 is 0. The van der Waals surface area contributed by atoms with Gasteiger partial charge in [0.25, 0.3) is 0 Å². The third-order valence-electron chi connectivity index (χ3n) is 2.33. The Morgan fingerprint density at radius 2 is 1.92 bits per heavy atom. The Kier molecular flexibility index (Phi) is 9.94. The Morgan fingerprint density at radius 3 is 2.54 bits per heavy atom. The van der Waals surface area contributed by atoms with Gasteiger partial charge in [-0.3, -0.25) is 0 Å². The SMILES string of the molecule is CCCCCCONCC(C)CC. The van der Waals surface area contributed by atoms with Gasteiger partial charge < -0.3 is 4.84 Å². The Labute approximate surface area is 83.0 Å². The molecule has 0 aliphatic rings. The normalized spacial score (nSPS) is 13.2. The summed E-state index contributed by atoms with van der Waals surface area (Å²) in [6, 6.07) is 0. The van der Waals surface area contributed by atoms with E-state index in [0.717, 1.165) is 19.1 Å². The first-order chi connectivity index (χ1) is 6.31. The minimum absolute atomic E-state index is 0.718. The van der Waals surface area contributed by atoms with Crippen molar-refractivity contribution in [1.29, 1.82) is 0 Å². The first kappa shape index (κ1) is 12.9. The molecule has 0 aromatic carbocycles. The lowest BCUT2D eigenvalue weighted by molar-refractivity contribution is 0.0309. The van der Waals surface area contributed by atoms with E-state index in [4.69, 9.17) is 4.84 Å². The summed E-state index contributed by atoms with van der Waals surface area (Å²) >= 11 is 0. The van der Waals surface area contributed by atoms with Gasteiger partial charge in [0.1, 0.15) is 0 Å². The van der Waals surface area contributed by atoms with Crippen LogP contribution < -0.4 is 5.48 Å². The molecular formula is C11H25NO. The number of rotatable bonds is 9. The molecule has 2 heteroatoms. The van der Waals surface area contributed by atoms with Crippen LogP contribution in [0.15, 0.2) is 0 Å². The van der Waals surface area contributed by atoms with Gasteiger partial charge in [-0.25, -0.2) is 5.48 Å². The highest BCUT2D eigenvalue weighted by atomic mass is 16.6. The monoisotopic (exact) mass is 187 g/mol. The van der Waals surface area contributed by atoms with Gasteiger partial charge >= 0.3 is 0 Å². The lowest BCUT2D eigenvalue weighted by Crippen LogP contribution is -2.21. The molecule has 1 unspecified atom stereocenters. The van der Waals surface area contributed by atoms with Gasteiger partial charge in [-0.1, -0.05) is 46.5 Å². The lowest BCUT2D eigenvalue weighted by atomic mass is 10.1. The number of hydrogen-bond donors (Lipinski definition) is 1. The standard InChI is InChI=1S/C11H25NO/c1-4-6-7-8-9-13-12-10-11(3)5-2/h11-12H,4-10H2,1-3H3. The molecule has 0 spiro atoms. The average Bonchev–Trinajstić information content (AvgIpc) is 2.16. The maximum absolute atomic E-state index is 5.30. The second-order valence-corrected chi connectivity index (χ2v) is 3.77. The molecule has 0 saturated heterocycles. The van der Waals surface area contributed by atoms with Crippen LogP contribution in [0.2, 0.25) is 0 Å². The molecule has 0 amide bonds. The number of nitrogens with one attached hydrogen (secondary N) is 1. The molecule has 0 radical (unpaired) electrons. The number of hydroxylamine groups is 1. The van der Waals surface area contributed by atoms with Crippen LogP contribution in [0.25, 0.3) is 0 Å². The zero-order valence-electron chi connectivity index (χ0n) is 9.44. The largest absolute Gasteiger partial charge is 0.302 e. The van der Waals surface area contributed by atoms with Crippen molar-refractivity contribution in [3.05, 3.63) is 0 Å². The summed E-state index contributed by atoms with van der Waals surface area (Å²) in [6.07, 6.45) is 6.31. The van der Waals surface area contributed by atoms with E-state index in [1.807, 2.05) is 0 Å². The molecule has 0 rings (SSSR count). The molecule has 80 valence electrons. The lowest BCUT2D eigenvalue weighted by Gasteiger charge is -2.09. The van der Waals surface area contributed by atoms with Crippen molar-refractivity contribution in [3.63, 3.8) is 0 Å². The molecule has 1 N–H and O–H groups in total. The van der Waals surface area contributed by atoms with Crippen LogP contribution in [0.3, 0.4) is 0 Å². The maximum Gasteiger partial charge on any atom is 0.0682 e. The molecule has 0 aromatic rings. The van der Waals surface area contributed by atoms with E-state index in [-0.39, 0.29) is 0 Å². The zero-order chi connectivity index (χ0) is 9.94. The third kappa shape index (κ3) is 9.84. The Balaban J connectivity index is 2.91. The van der Waals surface area contributed by atoms with Crippen molar-refractivity contribution < 1.29 is 4.84 Å². The van der Waals surface area contributed by atoms with Gasteiger partial charge in [0.05, 0.1) is 6.61 Å². The fraction of sp³-hybridized carbons (Fsp3) is 1.00. The molecule has 0 heterocycles. The van der Waals surface area contributed by atoms with E-state index in [9.17, 15) is 0 Å². The highest BCUT2D eigenvalue weighted by Gasteiger charge is 1.96. The van der Waals surface area contributed by atoms with E-state index >= 15 is 0 Å². The van der Waals surface area contributed by atoms with E-state index in [0.29, 0.717) is 0 Å². The van der Waals surface area contributed by atoms with Crippen LogP contribution in [-0.2, 0) is 4.84 Å². The van der Waals surface area contributed by atoms with Gasteiger partial charge in [-0.2, -0.15) is 0 Å². The Bertz CT molecular complexity index is 96.1. The topological polar surface area (TPSA) is 21.3 Å². The van der Waals surface area contributed by atoms with Crippen molar-refractivity contribution in [3.8, 4) is 0 Å². The highest BCUT2D eigenvalue weighted by Crippen LogP contribution is 1.99. The van der Waals surface area contributed by atoms with Crippen molar-refractivity contribution in [2.75, 3.05) is 13.2 Å². The van der Waals surface area contributed by atoms with E-state index < -0.39 is 0 Å². The summed E-state index contributed by atoms with van der Waals surface area (Å²) in [4.78, 5) is 5.30. The Morgan fingerprint density at radius 1 is 1.15 bits per heavy atom. The maximum atomic E-state index is 5.30. The number of hydrogen-bond acceptors (Lipinski definition) is 2. The van der Waals surface area contributed by atoms with Gasteiger partial charge in [0.15, 0.2) is 0 Å². The smallest absolute Gasteiger partial charge is 0.0682 e. The second kappa shape index (κ2) is 10.0. The molecule has 2 nitrogen and oxygen atoms in total. The average molecular weight is 187 g/mol. The van der Waals surface area contributed by atoms with Gasteiger partial charge in [0.2, 0.25) is 0 Å². The minimum atomic E-state index is 0.718. The molecule has 0 saturated carbocycles. The molecule has 13 heavy (non-hydrogen) atoms. The van der Waals surface area contributed by atoms with Crippen LogP contribution in [-0.4, -0.2) is 13.2 Å². The number of unbranched alkanes of at least 4 members (excludes halogenated alkanes) is 3. The molecule has 0 bridgehead atoms. The second-order valence-electron chi connectivity index (χ2n) is 3.77. The predicted octanol–water partition coefficient (Wildman–Crippen LogP) is 3.13. The first-order valence-electron chi connectivity index (χ1n) is 5.65. The fourth-order valence-electron chi connectivity index (χ4n) is 1.02. The van der Waals surface area contributed by atoms with E-state index in [2.05, 4.69) is 26.3 Å². The van der Waals surface area contributed by atoms with Crippen molar-refractivity contribution in [2.45, 2.75) is 52.9 Å². The summed E-state index contributed by atoms with van der Waals surface area (Å²) in [6.45, 7) is 8.49. The third-order valence-corrected chi connectivity index (χ3v) is 2.33. The van der Waals surface area contributed by atoms with Crippen molar-refractivity contribution in [2.24, 2.45) is 5.92 Å². The highest BCUT2D eigenvalue weighted by molar-refractivity contribution is 4.48.